The number of carbonyl (C=O) groups is 1. The summed E-state index contributed by atoms with van der Waals surface area (Å²) < 4.78 is 42.2. The van der Waals surface area contributed by atoms with Crippen molar-refractivity contribution in [3.05, 3.63) is 94.8 Å². The fourth-order valence-electron chi connectivity index (χ4n) is 3.97. The molecule has 3 aromatic carbocycles. The highest BCUT2D eigenvalue weighted by Crippen LogP contribution is 2.32. The van der Waals surface area contributed by atoms with Crippen LogP contribution < -0.4 is 4.90 Å². The van der Waals surface area contributed by atoms with Crippen molar-refractivity contribution in [2.24, 2.45) is 0 Å². The molecule has 0 spiro atoms. The van der Waals surface area contributed by atoms with Gasteiger partial charge in [-0.15, -0.1) is 0 Å². The zero-order valence-electron chi connectivity index (χ0n) is 17.4. The summed E-state index contributed by atoms with van der Waals surface area (Å²) in [4.78, 5) is 15.0. The molecule has 8 heteroatoms. The molecule has 4 rings (SSSR count). The number of sulfonamides is 1. The molecule has 0 N–H and O–H groups in total. The highest BCUT2D eigenvalue weighted by molar-refractivity contribution is 7.89. The van der Waals surface area contributed by atoms with Gasteiger partial charge in [-0.25, -0.2) is 12.8 Å². The fourth-order valence-corrected chi connectivity index (χ4v) is 5.46. The van der Waals surface area contributed by atoms with Gasteiger partial charge in [-0.2, -0.15) is 4.31 Å². The molecule has 32 heavy (non-hydrogen) atoms. The normalized spacial score (nSPS) is 15.8. The Bertz CT molecular complexity index is 1250. The van der Waals surface area contributed by atoms with E-state index in [1.54, 1.807) is 11.0 Å². The first-order chi connectivity index (χ1) is 15.3. The van der Waals surface area contributed by atoms with E-state index in [-0.39, 0.29) is 29.0 Å². The molecular weight excluding hydrogens is 451 g/mol. The summed E-state index contributed by atoms with van der Waals surface area (Å²) in [5, 5.41) is 0.392. The first-order valence-corrected chi connectivity index (χ1v) is 12.0. The molecule has 5 nitrogen and oxygen atoms in total. The van der Waals surface area contributed by atoms with Crippen LogP contribution in [0, 0.1) is 5.82 Å². The van der Waals surface area contributed by atoms with Gasteiger partial charge in [0, 0.05) is 28.9 Å². The zero-order chi connectivity index (χ0) is 22.9. The van der Waals surface area contributed by atoms with Gasteiger partial charge in [0.15, 0.2) is 0 Å². The largest absolute Gasteiger partial charge is 0.308 e. The molecule has 166 valence electrons. The molecule has 1 amide bonds. The van der Waals surface area contributed by atoms with Gasteiger partial charge in [0.2, 0.25) is 15.9 Å². The fraction of sp³-hybridized carbons (Fsp3) is 0.208. The third-order valence-corrected chi connectivity index (χ3v) is 7.60. The minimum absolute atomic E-state index is 0.0130. The maximum atomic E-state index is 14.4. The average Bonchev–Trinajstić information content (AvgIpc) is 3.10. The third-order valence-electron chi connectivity index (χ3n) is 5.54. The summed E-state index contributed by atoms with van der Waals surface area (Å²) in [6.07, 6.45) is 0.694. The van der Waals surface area contributed by atoms with Gasteiger partial charge in [-0.05, 0) is 55.3 Å². The van der Waals surface area contributed by atoms with Gasteiger partial charge < -0.3 is 4.90 Å². The topological polar surface area (TPSA) is 57.7 Å². The van der Waals surface area contributed by atoms with Crippen molar-refractivity contribution in [1.29, 1.82) is 0 Å². The number of hydrogen-bond donors (Lipinski definition) is 0. The summed E-state index contributed by atoms with van der Waals surface area (Å²) in [6.45, 7) is 1.23. The van der Waals surface area contributed by atoms with E-state index in [0.29, 0.717) is 11.4 Å². The van der Waals surface area contributed by atoms with Gasteiger partial charge in [0.25, 0.3) is 0 Å². The van der Waals surface area contributed by atoms with Crippen molar-refractivity contribution in [2.45, 2.75) is 30.8 Å². The van der Waals surface area contributed by atoms with E-state index in [1.807, 2.05) is 31.2 Å². The van der Waals surface area contributed by atoms with Crippen LogP contribution >= 0.6 is 11.6 Å². The summed E-state index contributed by atoms with van der Waals surface area (Å²) >= 11 is 5.91. The number of carbonyl (C=O) groups excluding carboxylic acids is 1. The smallest absolute Gasteiger partial charge is 0.243 e. The molecule has 0 aliphatic carbocycles. The SMILES string of the molecule is C[C@H]1Cc2ccccc2N1C(=O)CN(Cc1ccccc1F)S(=O)(=O)c1ccc(Cl)cc1. The lowest BCUT2D eigenvalue weighted by Crippen LogP contribution is -2.44. The second kappa shape index (κ2) is 9.02. The van der Waals surface area contributed by atoms with Crippen LogP contribution in [0.2, 0.25) is 5.02 Å². The second-order valence-electron chi connectivity index (χ2n) is 7.76. The van der Waals surface area contributed by atoms with Crippen molar-refractivity contribution in [3.63, 3.8) is 0 Å². The van der Waals surface area contributed by atoms with Crippen molar-refractivity contribution >= 4 is 33.2 Å². The Morgan fingerprint density at radius 3 is 2.44 bits per heavy atom. The Labute approximate surface area is 192 Å². The summed E-state index contributed by atoms with van der Waals surface area (Å²) in [7, 11) is -4.09. The van der Waals surface area contributed by atoms with E-state index in [1.165, 1.54) is 42.5 Å². The average molecular weight is 473 g/mol. The first kappa shape index (κ1) is 22.5. The van der Waals surface area contributed by atoms with E-state index in [2.05, 4.69) is 0 Å². The Kier molecular flexibility index (Phi) is 6.33. The van der Waals surface area contributed by atoms with Crippen molar-refractivity contribution in [2.75, 3.05) is 11.4 Å². The lowest BCUT2D eigenvalue weighted by atomic mass is 10.1. The number of halogens is 2. The minimum Gasteiger partial charge on any atom is -0.308 e. The Hall–Kier alpha value is -2.74. The zero-order valence-corrected chi connectivity index (χ0v) is 19.0. The Balaban J connectivity index is 1.69. The molecule has 3 aromatic rings. The molecule has 0 unspecified atom stereocenters. The number of fused-ring (bicyclic) bond motifs is 1. The number of benzene rings is 3. The molecule has 0 fully saturated rings. The predicted molar refractivity (Wildman–Crippen MR) is 123 cm³/mol. The minimum atomic E-state index is -4.09. The molecule has 0 bridgehead atoms. The lowest BCUT2D eigenvalue weighted by Gasteiger charge is -2.27. The molecule has 0 aromatic heterocycles. The Morgan fingerprint density at radius 2 is 1.72 bits per heavy atom. The third kappa shape index (κ3) is 4.41. The van der Waals surface area contributed by atoms with E-state index in [4.69, 9.17) is 11.6 Å². The standard InChI is InChI=1S/C24H22ClFN2O3S/c1-17-14-18-6-3-5-9-23(18)28(17)24(29)16-27(15-19-7-2-4-8-22(19)26)32(30,31)21-12-10-20(25)11-13-21/h2-13,17H,14-16H2,1H3/t17-/m0/s1. The van der Waals surface area contributed by atoms with E-state index in [0.717, 1.165) is 15.6 Å². The molecule has 1 aliphatic heterocycles. The van der Waals surface area contributed by atoms with Gasteiger partial charge >= 0.3 is 0 Å². The maximum Gasteiger partial charge on any atom is 0.243 e. The van der Waals surface area contributed by atoms with Gasteiger partial charge in [-0.3, -0.25) is 4.79 Å². The van der Waals surface area contributed by atoms with Gasteiger partial charge in [0.05, 0.1) is 11.4 Å². The lowest BCUT2D eigenvalue weighted by molar-refractivity contribution is -0.119. The van der Waals surface area contributed by atoms with Crippen LogP contribution in [0.1, 0.15) is 18.1 Å². The number of hydrogen-bond acceptors (Lipinski definition) is 3. The number of nitrogens with zero attached hydrogens (tertiary/aromatic N) is 2. The molecule has 0 saturated carbocycles. The predicted octanol–water partition coefficient (Wildman–Crippen LogP) is 4.65. The summed E-state index contributed by atoms with van der Waals surface area (Å²) in [5.41, 5.74) is 2.00. The van der Waals surface area contributed by atoms with Crippen molar-refractivity contribution in [3.8, 4) is 0 Å². The van der Waals surface area contributed by atoms with Crippen LogP contribution in [-0.4, -0.2) is 31.2 Å². The van der Waals surface area contributed by atoms with Gasteiger partial charge in [0.1, 0.15) is 5.82 Å². The second-order valence-corrected chi connectivity index (χ2v) is 10.1. The van der Waals surface area contributed by atoms with Crippen LogP contribution in [0.15, 0.2) is 77.7 Å². The molecule has 1 aliphatic rings. The quantitative estimate of drug-likeness (QED) is 0.524. The van der Waals surface area contributed by atoms with Crippen LogP contribution in [0.25, 0.3) is 0 Å². The number of rotatable bonds is 6. The Morgan fingerprint density at radius 1 is 1.06 bits per heavy atom. The van der Waals surface area contributed by atoms with Crippen molar-refractivity contribution < 1.29 is 17.6 Å². The molecule has 0 saturated heterocycles. The number of para-hydroxylation sites is 1. The number of anilines is 1. The first-order valence-electron chi connectivity index (χ1n) is 10.2. The summed E-state index contributed by atoms with van der Waals surface area (Å²) in [5.74, 6) is -0.896. The summed E-state index contributed by atoms with van der Waals surface area (Å²) in [6, 6.07) is 19.1. The van der Waals surface area contributed by atoms with Crippen LogP contribution in [0.4, 0.5) is 10.1 Å². The maximum absolute atomic E-state index is 14.4. The van der Waals surface area contributed by atoms with Crippen LogP contribution in [0.5, 0.6) is 0 Å². The van der Waals surface area contributed by atoms with E-state index >= 15 is 0 Å². The van der Waals surface area contributed by atoms with Gasteiger partial charge in [-0.1, -0.05) is 48.0 Å². The van der Waals surface area contributed by atoms with E-state index in [9.17, 15) is 17.6 Å². The molecule has 0 radical (unpaired) electrons. The molecular formula is C24H22ClFN2O3S. The van der Waals surface area contributed by atoms with E-state index < -0.39 is 22.4 Å². The van der Waals surface area contributed by atoms with Crippen LogP contribution in [-0.2, 0) is 27.8 Å². The highest BCUT2D eigenvalue weighted by atomic mass is 35.5. The van der Waals surface area contributed by atoms with Crippen LogP contribution in [0.3, 0.4) is 0 Å². The number of amides is 1. The monoisotopic (exact) mass is 472 g/mol. The molecule has 1 atom stereocenters. The highest BCUT2D eigenvalue weighted by Gasteiger charge is 2.34. The van der Waals surface area contributed by atoms with Crippen molar-refractivity contribution in [1.82, 2.24) is 4.31 Å². The molecule has 1 heterocycles.